The second-order valence-electron chi connectivity index (χ2n) is 17.8. The molecule has 2 aromatic heterocycles. The molecule has 12 nitrogen and oxygen atoms in total. The Morgan fingerprint density at radius 1 is 1.07 bits per heavy atom. The number of halogens is 4. The molecular formula is C41H45ClF3N7O5S. The predicted molar refractivity (Wildman–Crippen MR) is 216 cm³/mol. The standard InChI is InChI=1S/C41H45ClF3N7O5S/c1-38(2,3)56-36(53)49-34-25(18-46)28-23(8-9-27(44)32(28)58-34)29-26(42)16-24-31(30(29)45)47-35(55-21-41-10-7-13-51(41)19-22(43)17-41)48-33(24)50-14-11-40(20-50)12-15-52(40)37(54)57-39(4,5)6/h8-9,16,22H,7,10-15,17,19-21H2,1-6H3,(H,49,53)/t22-,40-,41?/m1/s1. The summed E-state index contributed by atoms with van der Waals surface area (Å²) >= 11 is 7.80. The number of amides is 2. The molecule has 6 heterocycles. The highest BCUT2D eigenvalue weighted by Gasteiger charge is 2.53. The zero-order valence-electron chi connectivity index (χ0n) is 33.2. The van der Waals surface area contributed by atoms with Gasteiger partial charge >= 0.3 is 18.2 Å². The Balaban J connectivity index is 1.23. The van der Waals surface area contributed by atoms with Crippen LogP contribution in [0.1, 0.15) is 79.2 Å². The number of anilines is 2. The molecule has 4 saturated heterocycles. The zero-order chi connectivity index (χ0) is 41.5. The average Bonchev–Trinajstić information content (AvgIpc) is 3.88. The summed E-state index contributed by atoms with van der Waals surface area (Å²) in [6, 6.07) is 5.97. The first-order chi connectivity index (χ1) is 27.3. The third-order valence-corrected chi connectivity index (χ3v) is 12.9. The number of rotatable bonds is 6. The fourth-order valence-electron chi connectivity index (χ4n) is 8.93. The van der Waals surface area contributed by atoms with Gasteiger partial charge in [-0.15, -0.1) is 11.3 Å². The first-order valence-electron chi connectivity index (χ1n) is 19.4. The van der Waals surface area contributed by atoms with Crippen LogP contribution in [0, 0.1) is 23.0 Å². The van der Waals surface area contributed by atoms with Crippen LogP contribution in [0.15, 0.2) is 18.2 Å². The van der Waals surface area contributed by atoms with E-state index in [0.29, 0.717) is 44.8 Å². The molecule has 1 spiro atoms. The number of aromatic nitrogens is 2. The summed E-state index contributed by atoms with van der Waals surface area (Å²) in [5, 5.41) is 13.2. The van der Waals surface area contributed by atoms with Crippen molar-refractivity contribution in [3.8, 4) is 23.2 Å². The normalized spacial score (nSPS) is 23.4. The number of hydrogen-bond donors (Lipinski definition) is 1. The Labute approximate surface area is 343 Å². The molecule has 2 amide bonds. The lowest BCUT2D eigenvalue weighted by molar-refractivity contribution is -0.0363. The largest absolute Gasteiger partial charge is 0.461 e. The molecule has 0 radical (unpaired) electrons. The van der Waals surface area contributed by atoms with Gasteiger partial charge in [-0.1, -0.05) is 17.7 Å². The molecular weight excluding hydrogens is 795 g/mol. The van der Waals surface area contributed by atoms with E-state index in [1.807, 2.05) is 25.7 Å². The minimum absolute atomic E-state index is 0.00332. The Bertz CT molecular complexity index is 2400. The molecule has 1 N–H and O–H groups in total. The number of nitriles is 1. The van der Waals surface area contributed by atoms with Crippen molar-refractivity contribution in [3.05, 3.63) is 40.4 Å². The Morgan fingerprint density at radius 3 is 2.50 bits per heavy atom. The maximum atomic E-state index is 17.5. The number of likely N-dealkylation sites (tertiary alicyclic amines) is 1. The molecule has 8 rings (SSSR count). The van der Waals surface area contributed by atoms with Gasteiger partial charge < -0.3 is 24.0 Å². The van der Waals surface area contributed by atoms with Gasteiger partial charge in [-0.2, -0.15) is 15.2 Å². The van der Waals surface area contributed by atoms with Crippen molar-refractivity contribution in [3.63, 3.8) is 0 Å². The molecule has 0 bridgehead atoms. The topological polar surface area (TPSA) is 133 Å². The van der Waals surface area contributed by atoms with Crippen LogP contribution < -0.4 is 15.0 Å². The molecule has 4 aliphatic rings. The molecule has 0 aliphatic carbocycles. The van der Waals surface area contributed by atoms with Crippen LogP contribution in [0.5, 0.6) is 6.01 Å². The average molecular weight is 840 g/mol. The number of carbonyl (C=O) groups is 2. The highest BCUT2D eigenvalue weighted by Crippen LogP contribution is 2.48. The van der Waals surface area contributed by atoms with Crippen LogP contribution in [-0.4, -0.2) is 99.7 Å². The van der Waals surface area contributed by atoms with Gasteiger partial charge in [0.2, 0.25) is 0 Å². The van der Waals surface area contributed by atoms with Crippen molar-refractivity contribution < 1.29 is 37.0 Å². The van der Waals surface area contributed by atoms with Crippen molar-refractivity contribution in [1.82, 2.24) is 19.8 Å². The van der Waals surface area contributed by atoms with Gasteiger partial charge in [0.25, 0.3) is 0 Å². The summed E-state index contributed by atoms with van der Waals surface area (Å²) in [6.45, 7) is 13.1. The van der Waals surface area contributed by atoms with Crippen molar-refractivity contribution in [2.24, 2.45) is 0 Å². The number of carbonyl (C=O) groups excluding carboxylic acids is 2. The predicted octanol–water partition coefficient (Wildman–Crippen LogP) is 9.21. The molecule has 4 fully saturated rings. The lowest BCUT2D eigenvalue weighted by atomic mass is 9.84. The highest BCUT2D eigenvalue weighted by molar-refractivity contribution is 7.23. The summed E-state index contributed by atoms with van der Waals surface area (Å²) in [6.07, 6.45) is 1.06. The van der Waals surface area contributed by atoms with Gasteiger partial charge in [-0.3, -0.25) is 10.2 Å². The summed E-state index contributed by atoms with van der Waals surface area (Å²) in [7, 11) is 0. The fourth-order valence-corrected chi connectivity index (χ4v) is 10.3. The monoisotopic (exact) mass is 839 g/mol. The van der Waals surface area contributed by atoms with Crippen molar-refractivity contribution in [2.45, 2.75) is 102 Å². The maximum Gasteiger partial charge on any atom is 0.412 e. The Morgan fingerprint density at radius 2 is 1.81 bits per heavy atom. The smallest absolute Gasteiger partial charge is 0.412 e. The Hall–Kier alpha value is -4.59. The number of benzene rings is 2. The van der Waals surface area contributed by atoms with Crippen LogP contribution in [0.25, 0.3) is 32.1 Å². The lowest BCUT2D eigenvalue weighted by Crippen LogP contribution is -2.64. The molecule has 17 heteroatoms. The minimum atomic E-state index is -0.988. The number of thiophene rings is 1. The summed E-state index contributed by atoms with van der Waals surface area (Å²) in [4.78, 5) is 41.2. The fraction of sp³-hybridized carbons (Fsp3) is 0.537. The van der Waals surface area contributed by atoms with Gasteiger partial charge in [0.15, 0.2) is 5.82 Å². The lowest BCUT2D eigenvalue weighted by Gasteiger charge is -2.50. The second kappa shape index (κ2) is 14.3. The summed E-state index contributed by atoms with van der Waals surface area (Å²) in [5.74, 6) is -1.20. The molecule has 308 valence electrons. The molecule has 3 atom stereocenters. The van der Waals surface area contributed by atoms with E-state index < -0.39 is 52.3 Å². The number of nitrogens with zero attached hydrogens (tertiary/aromatic N) is 6. The van der Waals surface area contributed by atoms with E-state index in [0.717, 1.165) is 43.2 Å². The van der Waals surface area contributed by atoms with Gasteiger partial charge in [0, 0.05) is 48.9 Å². The molecule has 4 aromatic rings. The maximum absolute atomic E-state index is 17.5. The number of hydrogen-bond acceptors (Lipinski definition) is 11. The van der Waals surface area contributed by atoms with Crippen LogP contribution in [0.4, 0.5) is 33.6 Å². The van der Waals surface area contributed by atoms with E-state index in [2.05, 4.69) is 21.3 Å². The van der Waals surface area contributed by atoms with Crippen LogP contribution in [0.3, 0.4) is 0 Å². The van der Waals surface area contributed by atoms with E-state index in [4.69, 9.17) is 30.8 Å². The summed E-state index contributed by atoms with van der Waals surface area (Å²) in [5.41, 5.74) is -2.83. The molecule has 1 unspecified atom stereocenters. The number of nitrogens with one attached hydrogen (secondary N) is 1. The SMILES string of the molecule is CC(C)(C)OC(=O)Nc1sc2c(F)ccc(-c3c(Cl)cc4c(N5CC[C@@]6(CCN6C(=O)OC(C)(C)C)C5)nc(OCC56CCCN5C[C@H](F)C6)nc4c3F)c2c1C#N. The van der Waals surface area contributed by atoms with Crippen LogP contribution >= 0.6 is 22.9 Å². The second-order valence-corrected chi connectivity index (χ2v) is 19.2. The summed E-state index contributed by atoms with van der Waals surface area (Å²) < 4.78 is 65.0. The first-order valence-corrected chi connectivity index (χ1v) is 20.6. The van der Waals surface area contributed by atoms with Gasteiger partial charge in [0.05, 0.1) is 26.4 Å². The molecule has 4 aliphatic heterocycles. The van der Waals surface area contributed by atoms with E-state index in [9.17, 15) is 19.2 Å². The van der Waals surface area contributed by atoms with E-state index in [1.54, 1.807) is 31.7 Å². The number of ether oxygens (including phenoxy) is 3. The van der Waals surface area contributed by atoms with E-state index in [1.165, 1.54) is 6.07 Å². The number of fused-ring (bicyclic) bond motifs is 3. The van der Waals surface area contributed by atoms with Gasteiger partial charge in [-0.05, 0) is 91.5 Å². The van der Waals surface area contributed by atoms with Gasteiger partial charge in [-0.25, -0.2) is 22.8 Å². The molecule has 0 saturated carbocycles. The zero-order valence-corrected chi connectivity index (χ0v) is 34.8. The van der Waals surface area contributed by atoms with E-state index in [-0.39, 0.29) is 60.3 Å². The third kappa shape index (κ3) is 7.12. The Kier molecular flexibility index (Phi) is 9.91. The van der Waals surface area contributed by atoms with Crippen molar-refractivity contribution in [1.29, 1.82) is 5.26 Å². The third-order valence-electron chi connectivity index (χ3n) is 11.5. The van der Waals surface area contributed by atoms with Crippen molar-refractivity contribution >= 4 is 66.9 Å². The first kappa shape index (κ1) is 40.2. The quantitative estimate of drug-likeness (QED) is 0.200. The molecule has 58 heavy (non-hydrogen) atoms. The van der Waals surface area contributed by atoms with Crippen LogP contribution in [0.2, 0.25) is 5.02 Å². The van der Waals surface area contributed by atoms with E-state index >= 15 is 8.78 Å². The minimum Gasteiger partial charge on any atom is -0.461 e. The van der Waals surface area contributed by atoms with Crippen LogP contribution in [-0.2, 0) is 9.47 Å². The molecule has 2 aromatic carbocycles. The van der Waals surface area contributed by atoms with Gasteiger partial charge in [0.1, 0.15) is 52.2 Å². The van der Waals surface area contributed by atoms with Crippen molar-refractivity contribution in [2.75, 3.05) is 49.5 Å². The highest BCUT2D eigenvalue weighted by atomic mass is 35.5. The number of alkyl halides is 1.